The Hall–Kier alpha value is -0.610. The van der Waals surface area contributed by atoms with Crippen LogP contribution < -0.4 is 0 Å². The minimum absolute atomic E-state index is 0.224. The molecule has 1 rings (SSSR count). The fourth-order valence-electron chi connectivity index (χ4n) is 2.18. The van der Waals surface area contributed by atoms with E-state index in [4.69, 9.17) is 5.11 Å². The number of aliphatic carboxylic acids is 1. The average molecular weight is 214 g/mol. The average Bonchev–Trinajstić information content (AvgIpc) is 2.26. The van der Waals surface area contributed by atoms with Gasteiger partial charge in [-0.3, -0.25) is 9.69 Å². The highest BCUT2D eigenvalue weighted by molar-refractivity contribution is 5.67. The monoisotopic (exact) mass is 214 g/mol. The van der Waals surface area contributed by atoms with E-state index in [0.717, 1.165) is 39.1 Å². The molecule has 1 aliphatic rings. The van der Waals surface area contributed by atoms with Crippen LogP contribution in [-0.4, -0.2) is 59.6 Å². The second-order valence-corrected chi connectivity index (χ2v) is 4.13. The Labute approximate surface area is 91.9 Å². The van der Waals surface area contributed by atoms with Crippen LogP contribution in [0.5, 0.6) is 0 Å². The Balaban J connectivity index is 2.39. The van der Waals surface area contributed by atoms with Crippen molar-refractivity contribution in [3.8, 4) is 0 Å². The number of carboxylic acids is 1. The normalized spacial score (nSPS) is 21.5. The first kappa shape index (κ1) is 12.5. The molecule has 1 N–H and O–H groups in total. The summed E-state index contributed by atoms with van der Waals surface area (Å²) in [6.07, 6.45) is 1.21. The first-order valence-electron chi connectivity index (χ1n) is 5.85. The zero-order valence-electron chi connectivity index (χ0n) is 9.78. The molecule has 0 aromatic carbocycles. The predicted octanol–water partition coefficient (Wildman–Crippen LogP) is 0.877. The lowest BCUT2D eigenvalue weighted by Gasteiger charge is -2.38. The van der Waals surface area contributed by atoms with Gasteiger partial charge in [-0.05, 0) is 13.0 Å². The summed E-state index contributed by atoms with van der Waals surface area (Å²) in [5.41, 5.74) is 0. The Morgan fingerprint density at radius 1 is 1.27 bits per heavy atom. The molecular formula is C11H22N2O2. The van der Waals surface area contributed by atoms with Gasteiger partial charge in [0.2, 0.25) is 0 Å². The fourth-order valence-corrected chi connectivity index (χ4v) is 2.18. The van der Waals surface area contributed by atoms with Crippen molar-refractivity contribution in [1.29, 1.82) is 0 Å². The van der Waals surface area contributed by atoms with Crippen molar-refractivity contribution in [2.24, 2.45) is 0 Å². The lowest BCUT2D eigenvalue weighted by atomic mass is 10.1. The van der Waals surface area contributed by atoms with Gasteiger partial charge in [0, 0.05) is 32.2 Å². The molecule has 1 aliphatic heterocycles. The third-order valence-corrected chi connectivity index (χ3v) is 3.25. The molecule has 0 bridgehead atoms. The van der Waals surface area contributed by atoms with E-state index < -0.39 is 5.97 Å². The maximum atomic E-state index is 10.7. The maximum absolute atomic E-state index is 10.7. The number of carboxylic acid groups (broad SMARTS) is 1. The minimum atomic E-state index is -0.681. The summed E-state index contributed by atoms with van der Waals surface area (Å²) in [5.74, 6) is -0.681. The Morgan fingerprint density at radius 3 is 2.27 bits per heavy atom. The van der Waals surface area contributed by atoms with Gasteiger partial charge in [-0.1, -0.05) is 13.8 Å². The van der Waals surface area contributed by atoms with E-state index >= 15 is 0 Å². The highest BCUT2D eigenvalue weighted by Gasteiger charge is 2.23. The van der Waals surface area contributed by atoms with E-state index in [2.05, 4.69) is 23.6 Å². The van der Waals surface area contributed by atoms with Crippen LogP contribution in [0.15, 0.2) is 0 Å². The van der Waals surface area contributed by atoms with Crippen molar-refractivity contribution in [1.82, 2.24) is 9.80 Å². The smallest absolute Gasteiger partial charge is 0.304 e. The number of hydrogen-bond acceptors (Lipinski definition) is 3. The van der Waals surface area contributed by atoms with Crippen LogP contribution in [-0.2, 0) is 4.79 Å². The number of piperazine rings is 1. The molecule has 1 atom stereocenters. The molecular weight excluding hydrogens is 192 g/mol. The number of nitrogens with zero attached hydrogens (tertiary/aromatic N) is 2. The predicted molar refractivity (Wildman–Crippen MR) is 60.0 cm³/mol. The Kier molecular flexibility index (Phi) is 5.05. The molecule has 0 spiro atoms. The number of likely N-dealkylation sites (N-methyl/N-ethyl adjacent to an activating group) is 1. The summed E-state index contributed by atoms with van der Waals surface area (Å²) in [4.78, 5) is 15.4. The summed E-state index contributed by atoms with van der Waals surface area (Å²) in [5, 5.41) is 8.81. The van der Waals surface area contributed by atoms with Gasteiger partial charge in [0.25, 0.3) is 0 Å². The van der Waals surface area contributed by atoms with Crippen molar-refractivity contribution in [2.45, 2.75) is 32.7 Å². The third kappa shape index (κ3) is 3.80. The van der Waals surface area contributed by atoms with E-state index in [1.165, 1.54) is 0 Å². The summed E-state index contributed by atoms with van der Waals surface area (Å²) in [6, 6.07) is 0.224. The lowest BCUT2D eigenvalue weighted by Crippen LogP contribution is -2.50. The molecule has 0 aromatic rings. The van der Waals surface area contributed by atoms with Gasteiger partial charge in [0.05, 0.1) is 6.42 Å². The van der Waals surface area contributed by atoms with E-state index in [0.29, 0.717) is 0 Å². The first-order valence-corrected chi connectivity index (χ1v) is 5.85. The number of hydrogen-bond donors (Lipinski definition) is 1. The largest absolute Gasteiger partial charge is 0.481 e. The Bertz CT molecular complexity index is 201. The highest BCUT2D eigenvalue weighted by Crippen LogP contribution is 2.12. The number of rotatable bonds is 5. The second-order valence-electron chi connectivity index (χ2n) is 4.13. The van der Waals surface area contributed by atoms with E-state index in [9.17, 15) is 4.79 Å². The Morgan fingerprint density at radius 2 is 1.87 bits per heavy atom. The van der Waals surface area contributed by atoms with Crippen LogP contribution in [0.4, 0.5) is 0 Å². The molecule has 0 aliphatic carbocycles. The second kappa shape index (κ2) is 6.08. The SMILES string of the molecule is CCC(CC(=O)O)N1CCN(CC)CC1. The topological polar surface area (TPSA) is 43.8 Å². The quantitative estimate of drug-likeness (QED) is 0.738. The van der Waals surface area contributed by atoms with Gasteiger partial charge >= 0.3 is 5.97 Å². The molecule has 0 aromatic heterocycles. The summed E-state index contributed by atoms with van der Waals surface area (Å²) < 4.78 is 0. The van der Waals surface area contributed by atoms with Crippen LogP contribution >= 0.6 is 0 Å². The lowest BCUT2D eigenvalue weighted by molar-refractivity contribution is -0.138. The van der Waals surface area contributed by atoms with Crippen LogP contribution in [0, 0.1) is 0 Å². The van der Waals surface area contributed by atoms with Crippen molar-refractivity contribution in [3.63, 3.8) is 0 Å². The standard InChI is InChI=1S/C11H22N2O2/c1-3-10(9-11(14)15)13-7-5-12(4-2)6-8-13/h10H,3-9H2,1-2H3,(H,14,15). The van der Waals surface area contributed by atoms with Gasteiger partial charge in [-0.15, -0.1) is 0 Å². The van der Waals surface area contributed by atoms with Crippen molar-refractivity contribution in [2.75, 3.05) is 32.7 Å². The summed E-state index contributed by atoms with van der Waals surface area (Å²) in [7, 11) is 0. The minimum Gasteiger partial charge on any atom is -0.481 e. The number of carbonyl (C=O) groups is 1. The van der Waals surface area contributed by atoms with Crippen molar-refractivity contribution < 1.29 is 9.90 Å². The maximum Gasteiger partial charge on any atom is 0.304 e. The zero-order valence-corrected chi connectivity index (χ0v) is 9.78. The van der Waals surface area contributed by atoms with Crippen LogP contribution in [0.25, 0.3) is 0 Å². The van der Waals surface area contributed by atoms with E-state index in [1.54, 1.807) is 0 Å². The van der Waals surface area contributed by atoms with Gasteiger partial charge in [-0.2, -0.15) is 0 Å². The fraction of sp³-hybridized carbons (Fsp3) is 0.909. The molecule has 1 saturated heterocycles. The van der Waals surface area contributed by atoms with E-state index in [-0.39, 0.29) is 12.5 Å². The van der Waals surface area contributed by atoms with Crippen molar-refractivity contribution >= 4 is 5.97 Å². The first-order chi connectivity index (χ1) is 7.17. The zero-order chi connectivity index (χ0) is 11.3. The van der Waals surface area contributed by atoms with Crippen LogP contribution in [0.2, 0.25) is 0 Å². The van der Waals surface area contributed by atoms with Gasteiger partial charge in [-0.25, -0.2) is 0 Å². The third-order valence-electron chi connectivity index (χ3n) is 3.25. The van der Waals surface area contributed by atoms with Crippen LogP contribution in [0.3, 0.4) is 0 Å². The molecule has 1 unspecified atom stereocenters. The molecule has 0 amide bonds. The van der Waals surface area contributed by atoms with Crippen molar-refractivity contribution in [3.05, 3.63) is 0 Å². The molecule has 1 heterocycles. The molecule has 0 saturated carbocycles. The molecule has 15 heavy (non-hydrogen) atoms. The highest BCUT2D eigenvalue weighted by atomic mass is 16.4. The molecule has 4 nitrogen and oxygen atoms in total. The van der Waals surface area contributed by atoms with Gasteiger partial charge < -0.3 is 10.0 Å². The van der Waals surface area contributed by atoms with Gasteiger partial charge in [0.1, 0.15) is 0 Å². The van der Waals surface area contributed by atoms with E-state index in [1.807, 2.05) is 0 Å². The molecule has 88 valence electrons. The van der Waals surface area contributed by atoms with Gasteiger partial charge in [0.15, 0.2) is 0 Å². The molecule has 0 radical (unpaired) electrons. The molecule has 4 heteroatoms. The summed E-state index contributed by atoms with van der Waals surface area (Å²) >= 11 is 0. The summed E-state index contributed by atoms with van der Waals surface area (Å²) in [6.45, 7) is 9.52. The molecule has 1 fully saturated rings. The van der Waals surface area contributed by atoms with Crippen LogP contribution in [0.1, 0.15) is 26.7 Å².